The van der Waals surface area contributed by atoms with Gasteiger partial charge in [-0.05, 0) is 0 Å². The molecule has 0 heterocycles. The number of fused-ring (bicyclic) bond motifs is 1. The molecule has 3 rings (SSSR count). The van der Waals surface area contributed by atoms with Gasteiger partial charge in [-0.15, -0.1) is 0 Å². The summed E-state index contributed by atoms with van der Waals surface area (Å²) < 4.78 is 11.6. The maximum absolute atomic E-state index is 12.0. The molecule has 0 aromatic rings. The summed E-state index contributed by atoms with van der Waals surface area (Å²) >= 11 is -3.76. The molecule has 2 unspecified atom stereocenters. The van der Waals surface area contributed by atoms with E-state index in [0.29, 0.717) is 5.92 Å². The number of hydrogen-bond acceptors (Lipinski definition) is 4. The average molecular weight is 392 g/mol. The predicted octanol–water partition coefficient (Wildman–Crippen LogP) is 5.27. The Kier molecular flexibility index (Phi) is 5.74. The van der Waals surface area contributed by atoms with Gasteiger partial charge < -0.3 is 0 Å². The van der Waals surface area contributed by atoms with E-state index in [-0.39, 0.29) is 4.22 Å². The molecule has 0 fully saturated rings. The maximum atomic E-state index is 12.0. The van der Waals surface area contributed by atoms with Gasteiger partial charge in [0.25, 0.3) is 0 Å². The monoisotopic (exact) mass is 392 g/mol. The van der Waals surface area contributed by atoms with Crippen molar-refractivity contribution in [2.75, 3.05) is 0 Å². The molecule has 0 N–H and O–H groups in total. The van der Waals surface area contributed by atoms with Crippen molar-refractivity contribution >= 4 is 11.9 Å². The van der Waals surface area contributed by atoms with Gasteiger partial charge in [0.05, 0.1) is 0 Å². The molecule has 0 radical (unpaired) electrons. The molecule has 3 aliphatic rings. The first kappa shape index (κ1) is 19.4. The molecule has 0 saturated carbocycles. The standard InChI is InChI=1S/C14H19.2C3H4O2.CH3.Ti/c1-10-11-6-2-4-8-13(11)14-9-5-3-7-12(10)14;2*1-2-3(4)5;;/h6,10H,2-5,7-9H2,1H3;2*2H,1H2,(H,4,5);1H3;/q;;;;+2/p-2. The van der Waals surface area contributed by atoms with E-state index in [4.69, 9.17) is 6.64 Å². The second-order valence-corrected chi connectivity index (χ2v) is 12.5. The molecule has 140 valence electrons. The summed E-state index contributed by atoms with van der Waals surface area (Å²) in [6.45, 7) is 9.28. The van der Waals surface area contributed by atoms with Crippen molar-refractivity contribution in [1.29, 1.82) is 0 Å². The summed E-state index contributed by atoms with van der Waals surface area (Å²) in [4.78, 5) is 24.1. The molecular formula is C21H28O4Ti. The van der Waals surface area contributed by atoms with Crippen LogP contribution >= 0.6 is 0 Å². The molecule has 0 aromatic carbocycles. The van der Waals surface area contributed by atoms with Crippen LogP contribution in [0.4, 0.5) is 0 Å². The fourth-order valence-electron chi connectivity index (χ4n) is 5.01. The van der Waals surface area contributed by atoms with E-state index < -0.39 is 29.3 Å². The van der Waals surface area contributed by atoms with Gasteiger partial charge >= 0.3 is 160 Å². The summed E-state index contributed by atoms with van der Waals surface area (Å²) in [5, 5.41) is 1.88. The Balaban J connectivity index is 2.00. The first-order valence-corrected chi connectivity index (χ1v) is 13.3. The van der Waals surface area contributed by atoms with Gasteiger partial charge in [-0.25, -0.2) is 0 Å². The van der Waals surface area contributed by atoms with Crippen LogP contribution in [0.5, 0.6) is 0 Å². The molecule has 0 spiro atoms. The fraction of sp³-hybridized carbons (Fsp3) is 0.524. The van der Waals surface area contributed by atoms with Crippen LogP contribution in [0, 0.1) is 5.92 Å². The summed E-state index contributed by atoms with van der Waals surface area (Å²) in [5.74, 6) is -0.624. The molecule has 0 aromatic heterocycles. The van der Waals surface area contributed by atoms with Crippen LogP contribution < -0.4 is 0 Å². The van der Waals surface area contributed by atoms with E-state index in [1.165, 1.54) is 30.4 Å². The Bertz CT molecular complexity index is 694. The Labute approximate surface area is 160 Å². The zero-order valence-corrected chi connectivity index (χ0v) is 17.4. The first-order chi connectivity index (χ1) is 12.4. The summed E-state index contributed by atoms with van der Waals surface area (Å²) in [7, 11) is 0. The molecule has 26 heavy (non-hydrogen) atoms. The van der Waals surface area contributed by atoms with Gasteiger partial charge in [0.1, 0.15) is 0 Å². The van der Waals surface area contributed by atoms with Crippen molar-refractivity contribution in [3.8, 4) is 0 Å². The van der Waals surface area contributed by atoms with Crippen molar-refractivity contribution in [2.45, 2.75) is 61.3 Å². The van der Waals surface area contributed by atoms with E-state index in [1.807, 2.05) is 5.23 Å². The molecule has 2 atom stereocenters. The SMILES string of the molecule is C=CC(=O)[O][Ti]([CH3])([O]C(=O)C=C)[CH]1CCCC2=C1C(C)C1=C2CCCC1. The minimum absolute atomic E-state index is 0.0483. The Morgan fingerprint density at radius 1 is 1.00 bits per heavy atom. The van der Waals surface area contributed by atoms with Gasteiger partial charge in [0.15, 0.2) is 0 Å². The van der Waals surface area contributed by atoms with E-state index in [2.05, 4.69) is 20.1 Å². The second kappa shape index (κ2) is 7.70. The number of rotatable bonds is 5. The second-order valence-electron chi connectivity index (χ2n) is 7.58. The number of allylic oxidation sites excluding steroid dienone is 4. The van der Waals surface area contributed by atoms with Gasteiger partial charge in [-0.2, -0.15) is 0 Å². The van der Waals surface area contributed by atoms with Crippen molar-refractivity contribution in [3.63, 3.8) is 0 Å². The molecule has 0 saturated heterocycles. The number of carbonyl (C=O) groups is 2. The number of carbonyl (C=O) groups excluding carboxylic acids is 2. The summed E-state index contributed by atoms with van der Waals surface area (Å²) in [5.41, 5.74) is 5.99. The predicted molar refractivity (Wildman–Crippen MR) is 97.7 cm³/mol. The minimum atomic E-state index is -3.76. The van der Waals surface area contributed by atoms with Crippen molar-refractivity contribution in [3.05, 3.63) is 47.6 Å². The Morgan fingerprint density at radius 2 is 1.58 bits per heavy atom. The van der Waals surface area contributed by atoms with Crippen LogP contribution in [0.3, 0.4) is 0 Å². The van der Waals surface area contributed by atoms with E-state index in [1.54, 1.807) is 11.1 Å². The molecule has 3 aliphatic carbocycles. The Morgan fingerprint density at radius 3 is 2.19 bits per heavy atom. The molecule has 4 nitrogen and oxygen atoms in total. The van der Waals surface area contributed by atoms with E-state index in [0.717, 1.165) is 37.8 Å². The van der Waals surface area contributed by atoms with Crippen LogP contribution in [0.2, 0.25) is 9.45 Å². The average Bonchev–Trinajstić information content (AvgIpc) is 2.94. The van der Waals surface area contributed by atoms with E-state index in [9.17, 15) is 9.59 Å². The quantitative estimate of drug-likeness (QED) is 0.473. The van der Waals surface area contributed by atoms with Gasteiger partial charge in [0, 0.05) is 0 Å². The van der Waals surface area contributed by atoms with Crippen molar-refractivity contribution in [2.24, 2.45) is 5.92 Å². The zero-order chi connectivity index (χ0) is 18.9. The van der Waals surface area contributed by atoms with Crippen LogP contribution in [0.1, 0.15) is 51.9 Å². The third kappa shape index (κ3) is 3.42. The molecule has 0 amide bonds. The van der Waals surface area contributed by atoms with Gasteiger partial charge in [-0.3, -0.25) is 0 Å². The van der Waals surface area contributed by atoms with Crippen LogP contribution in [-0.4, -0.2) is 11.9 Å². The summed E-state index contributed by atoms with van der Waals surface area (Å²) in [6.07, 6.45) is 10.2. The molecule has 0 bridgehead atoms. The summed E-state index contributed by atoms with van der Waals surface area (Å²) in [6, 6.07) is 0. The Hall–Kier alpha value is -1.39. The number of hydrogen-bond donors (Lipinski definition) is 0. The van der Waals surface area contributed by atoms with Crippen LogP contribution in [-0.2, 0) is 33.6 Å². The van der Waals surface area contributed by atoms with Crippen molar-refractivity contribution < 1.29 is 33.6 Å². The molecule has 0 aliphatic heterocycles. The third-order valence-electron chi connectivity index (χ3n) is 6.08. The van der Waals surface area contributed by atoms with Crippen LogP contribution in [0.25, 0.3) is 0 Å². The van der Waals surface area contributed by atoms with Gasteiger partial charge in [-0.1, -0.05) is 0 Å². The normalized spacial score (nSPS) is 25.3. The molecule has 5 heteroatoms. The molecular weight excluding hydrogens is 364 g/mol. The zero-order valence-electron chi connectivity index (χ0n) is 15.8. The fourth-order valence-corrected chi connectivity index (χ4v) is 9.71. The van der Waals surface area contributed by atoms with Gasteiger partial charge in [0.2, 0.25) is 0 Å². The van der Waals surface area contributed by atoms with Crippen molar-refractivity contribution in [1.82, 2.24) is 0 Å². The van der Waals surface area contributed by atoms with E-state index >= 15 is 0 Å². The first-order valence-electron chi connectivity index (χ1n) is 9.57. The third-order valence-corrected chi connectivity index (χ3v) is 10.9. The topological polar surface area (TPSA) is 52.6 Å². The van der Waals surface area contributed by atoms with Crippen LogP contribution in [0.15, 0.2) is 47.6 Å².